The van der Waals surface area contributed by atoms with E-state index >= 15 is 0 Å². The molecule has 1 aromatic rings. The molecule has 0 aromatic heterocycles. The van der Waals surface area contributed by atoms with Gasteiger partial charge in [-0.25, -0.2) is 4.58 Å². The van der Waals surface area contributed by atoms with Crippen molar-refractivity contribution in [3.8, 4) is 11.3 Å². The van der Waals surface area contributed by atoms with Crippen molar-refractivity contribution in [3.63, 3.8) is 0 Å². The second-order valence-electron chi connectivity index (χ2n) is 14.7. The number of nitrogens with zero attached hydrogens (tertiary/aromatic N) is 2. The summed E-state index contributed by atoms with van der Waals surface area (Å²) in [5.74, 6) is -0.272. The van der Waals surface area contributed by atoms with Crippen LogP contribution in [0.2, 0.25) is 0 Å². The third-order valence-corrected chi connectivity index (χ3v) is 11.2. The number of carbonyl (C=O) groups is 1. The molecular formula is C39H53N2O12S2+. The van der Waals surface area contributed by atoms with Crippen molar-refractivity contribution in [2.24, 2.45) is 0 Å². The molecule has 0 saturated carbocycles. The topological polar surface area (TPSA) is 193 Å². The number of anilines is 1. The van der Waals surface area contributed by atoms with Crippen molar-refractivity contribution >= 4 is 38.0 Å². The van der Waals surface area contributed by atoms with Gasteiger partial charge in [0.15, 0.2) is 13.1 Å². The van der Waals surface area contributed by atoms with E-state index < -0.39 is 37.4 Å². The van der Waals surface area contributed by atoms with Crippen LogP contribution in [0.5, 0.6) is 0 Å². The van der Waals surface area contributed by atoms with Crippen LogP contribution in [0, 0.1) is 0 Å². The van der Waals surface area contributed by atoms with Gasteiger partial charge in [0.1, 0.15) is 24.7 Å². The quantitative estimate of drug-likeness (QED) is 0.0849. The Bertz CT molecular complexity index is 2140. The Morgan fingerprint density at radius 1 is 0.964 bits per heavy atom. The molecule has 0 fully saturated rings. The van der Waals surface area contributed by atoms with Crippen LogP contribution in [0.25, 0.3) is 17.4 Å². The van der Waals surface area contributed by atoms with E-state index in [1.165, 1.54) is 12.1 Å². The number of carboxylic acids is 1. The fraction of sp³-hybridized carbons (Fsp3) is 0.487. The van der Waals surface area contributed by atoms with Gasteiger partial charge in [-0.15, -0.1) is 0 Å². The van der Waals surface area contributed by atoms with E-state index in [1.807, 2.05) is 36.1 Å². The number of hydrogen-bond acceptors (Lipinski definition) is 10. The number of aliphatic carboxylic acids is 1. The van der Waals surface area contributed by atoms with E-state index in [0.29, 0.717) is 54.8 Å². The Morgan fingerprint density at radius 3 is 2.25 bits per heavy atom. The summed E-state index contributed by atoms with van der Waals surface area (Å²) >= 11 is 0. The van der Waals surface area contributed by atoms with Crippen LogP contribution in [-0.4, -0.2) is 103 Å². The van der Waals surface area contributed by atoms with Gasteiger partial charge in [0.2, 0.25) is 5.36 Å². The molecule has 55 heavy (non-hydrogen) atoms. The molecular weight excluding hydrogens is 753 g/mol. The van der Waals surface area contributed by atoms with Crippen LogP contribution < -0.4 is 14.8 Å². The zero-order chi connectivity index (χ0) is 40.6. The lowest BCUT2D eigenvalue weighted by Crippen LogP contribution is -2.35. The minimum atomic E-state index is -4.59. The Morgan fingerprint density at radius 2 is 1.65 bits per heavy atom. The van der Waals surface area contributed by atoms with Crippen molar-refractivity contribution in [2.75, 3.05) is 70.9 Å². The van der Waals surface area contributed by atoms with E-state index in [1.54, 1.807) is 26.4 Å². The molecule has 0 saturated heterocycles. The highest BCUT2D eigenvalue weighted by atomic mass is 32.2. The molecule has 16 heteroatoms. The van der Waals surface area contributed by atoms with Crippen LogP contribution in [0.1, 0.15) is 63.8 Å². The van der Waals surface area contributed by atoms with Crippen molar-refractivity contribution in [1.82, 2.24) is 4.58 Å². The van der Waals surface area contributed by atoms with E-state index in [4.69, 9.17) is 23.7 Å². The van der Waals surface area contributed by atoms with Crippen LogP contribution in [0.15, 0.2) is 69.6 Å². The van der Waals surface area contributed by atoms with Gasteiger partial charge in [0.05, 0.1) is 36.3 Å². The Labute approximate surface area is 323 Å². The lowest BCUT2D eigenvalue weighted by atomic mass is 9.77. The molecule has 0 bridgehead atoms. The van der Waals surface area contributed by atoms with Crippen molar-refractivity contribution in [1.29, 1.82) is 0 Å². The van der Waals surface area contributed by atoms with Gasteiger partial charge in [-0.2, -0.15) is 16.8 Å². The van der Waals surface area contributed by atoms with Crippen LogP contribution in [0.4, 0.5) is 5.69 Å². The Balaban J connectivity index is 1.87. The third kappa shape index (κ3) is 11.6. The molecule has 4 rings (SSSR count). The lowest BCUT2D eigenvalue weighted by molar-refractivity contribution is -0.138. The summed E-state index contributed by atoms with van der Waals surface area (Å²) < 4.78 is 92.4. The van der Waals surface area contributed by atoms with E-state index in [0.717, 1.165) is 16.5 Å². The first-order valence-electron chi connectivity index (χ1n) is 18.0. The molecule has 2 heterocycles. The van der Waals surface area contributed by atoms with Crippen LogP contribution >= 0.6 is 0 Å². The first kappa shape index (κ1) is 43.8. The van der Waals surface area contributed by atoms with Gasteiger partial charge in [-0.05, 0) is 78.8 Å². The summed E-state index contributed by atoms with van der Waals surface area (Å²) in [6.45, 7) is 10.9. The number of ether oxygens (including phenoxy) is 3. The minimum Gasteiger partial charge on any atom is -0.481 e. The highest BCUT2D eigenvalue weighted by Crippen LogP contribution is 2.51. The predicted molar refractivity (Wildman–Crippen MR) is 210 cm³/mol. The van der Waals surface area contributed by atoms with E-state index in [9.17, 15) is 30.7 Å². The average molecular weight is 806 g/mol. The second-order valence-corrected chi connectivity index (χ2v) is 17.7. The van der Waals surface area contributed by atoms with Gasteiger partial charge < -0.3 is 28.6 Å². The van der Waals surface area contributed by atoms with Crippen LogP contribution in [-0.2, 0) is 50.1 Å². The lowest BCUT2D eigenvalue weighted by Gasteiger charge is -2.30. The summed E-state index contributed by atoms with van der Waals surface area (Å²) in [6.07, 6.45) is 5.49. The normalized spacial score (nSPS) is 17.1. The summed E-state index contributed by atoms with van der Waals surface area (Å²) in [5, 5.41) is 10.00. The molecule has 302 valence electrons. The highest BCUT2D eigenvalue weighted by Gasteiger charge is 2.43. The zero-order valence-corrected chi connectivity index (χ0v) is 33.9. The molecule has 0 radical (unpaired) electrons. The molecule has 1 unspecified atom stereocenters. The molecule has 1 aromatic carbocycles. The SMILES string of the molecule is COCC[N+](CCOC)=c1ccc2c(C(C)(C)C)cc(C=CC=C3N(CCOCCC(=O)O)c4ccc(S(=O)(=O)O)cc4C3(C)CCCS(=O)(=O)O)oc-2c1. The Kier molecular flexibility index (Phi) is 14.6. The molecule has 2 aliphatic heterocycles. The van der Waals surface area contributed by atoms with Crippen LogP contribution in [0.3, 0.4) is 0 Å². The summed E-state index contributed by atoms with van der Waals surface area (Å²) in [6, 6.07) is 12.3. The second kappa shape index (κ2) is 18.4. The number of methoxy groups -OCH3 is 2. The number of allylic oxidation sites excluding steroid dienone is 3. The third-order valence-electron chi connectivity index (χ3n) is 9.59. The van der Waals surface area contributed by atoms with E-state index in [2.05, 4.69) is 37.5 Å². The predicted octanol–water partition coefficient (Wildman–Crippen LogP) is 4.83. The largest absolute Gasteiger partial charge is 0.481 e. The number of rotatable bonds is 19. The molecule has 1 aliphatic carbocycles. The first-order valence-corrected chi connectivity index (χ1v) is 21.0. The number of carboxylic acid groups (broad SMARTS) is 1. The Hall–Kier alpha value is -3.90. The van der Waals surface area contributed by atoms with Gasteiger partial charge >= 0.3 is 5.97 Å². The van der Waals surface area contributed by atoms with Crippen molar-refractivity contribution in [3.05, 3.63) is 82.6 Å². The fourth-order valence-corrected chi connectivity index (χ4v) is 7.84. The molecule has 14 nitrogen and oxygen atoms in total. The van der Waals surface area contributed by atoms with Gasteiger partial charge in [-0.1, -0.05) is 26.8 Å². The van der Waals surface area contributed by atoms with Gasteiger partial charge in [0.25, 0.3) is 20.2 Å². The summed E-state index contributed by atoms with van der Waals surface area (Å²) in [7, 11) is -5.56. The van der Waals surface area contributed by atoms with Crippen molar-refractivity contribution in [2.45, 2.75) is 62.7 Å². The number of hydrogen-bond donors (Lipinski definition) is 3. The standard InChI is InChI=1S/C39H52N2O12S2/c1-38(2,3)32-26-29(53-35-25-28(11-13-31(32)35)40(17-21-50-5)18-22-51-6)9-7-10-36-39(4,16-8-24-54(44,45)46)33-27-30(55(47,48)49)12-14-34(33)41(36)19-23-52-20-15-37(42)43/h7,9-14,25-27H,8,15-24H2,1-6H3,(H2-,42,43,44,45,46,47,48,49)/p+1. The number of benzene rings is 2. The number of fused-ring (bicyclic) bond motifs is 2. The van der Waals surface area contributed by atoms with Crippen molar-refractivity contribution < 1.29 is 54.5 Å². The van der Waals surface area contributed by atoms with Gasteiger partial charge in [-0.3, -0.25) is 13.9 Å². The maximum Gasteiger partial charge on any atom is 0.305 e. The van der Waals surface area contributed by atoms with E-state index in [-0.39, 0.29) is 49.3 Å². The first-order chi connectivity index (χ1) is 25.8. The van der Waals surface area contributed by atoms with Gasteiger partial charge in [0, 0.05) is 49.2 Å². The highest BCUT2D eigenvalue weighted by molar-refractivity contribution is 7.86. The average Bonchev–Trinajstić information content (AvgIpc) is 3.32. The zero-order valence-electron chi connectivity index (χ0n) is 32.3. The summed E-state index contributed by atoms with van der Waals surface area (Å²) in [4.78, 5) is 12.6. The maximum atomic E-state index is 12.2. The molecule has 3 aliphatic rings. The molecule has 0 amide bonds. The smallest absolute Gasteiger partial charge is 0.305 e. The fourth-order valence-electron chi connectivity index (χ4n) is 6.82. The molecule has 1 atom stereocenters. The minimum absolute atomic E-state index is 0.0138. The monoisotopic (exact) mass is 805 g/mol. The maximum absolute atomic E-state index is 12.2. The summed E-state index contributed by atoms with van der Waals surface area (Å²) in [5.41, 5.74) is 2.58. The molecule has 0 spiro atoms. The molecule has 3 N–H and O–H groups in total.